The Bertz CT molecular complexity index is 424. The van der Waals surface area contributed by atoms with E-state index < -0.39 is 0 Å². The van der Waals surface area contributed by atoms with Crippen LogP contribution in [0.15, 0.2) is 18.2 Å². The number of hydrogen-bond donors (Lipinski definition) is 1. The van der Waals surface area contributed by atoms with E-state index >= 15 is 0 Å². The van der Waals surface area contributed by atoms with Crippen LogP contribution in [-0.4, -0.2) is 26.3 Å². The maximum absolute atomic E-state index is 5.35. The lowest BCUT2D eigenvalue weighted by molar-refractivity contribution is 0.354. The van der Waals surface area contributed by atoms with Crippen molar-refractivity contribution >= 4 is 0 Å². The summed E-state index contributed by atoms with van der Waals surface area (Å²) in [5.74, 6) is 2.33. The summed E-state index contributed by atoms with van der Waals surface area (Å²) in [7, 11) is 3.35. The number of ether oxygens (including phenoxy) is 2. The number of aryl methyl sites for hydroxylation is 1. The maximum atomic E-state index is 5.35. The number of rotatable bonds is 8. The summed E-state index contributed by atoms with van der Waals surface area (Å²) in [4.78, 5) is 0. The molecular weight excluding hydrogens is 262 g/mol. The molecule has 0 aliphatic rings. The van der Waals surface area contributed by atoms with Gasteiger partial charge < -0.3 is 14.8 Å². The first kappa shape index (κ1) is 17.8. The van der Waals surface area contributed by atoms with Gasteiger partial charge in [0.1, 0.15) is 0 Å². The summed E-state index contributed by atoms with van der Waals surface area (Å²) in [6, 6.07) is 6.19. The highest BCUT2D eigenvalue weighted by Crippen LogP contribution is 2.28. The van der Waals surface area contributed by atoms with Gasteiger partial charge in [-0.05, 0) is 70.2 Å². The lowest BCUT2D eigenvalue weighted by atomic mass is 9.97. The molecule has 0 amide bonds. The van der Waals surface area contributed by atoms with Crippen molar-refractivity contribution in [2.45, 2.75) is 52.5 Å². The lowest BCUT2D eigenvalue weighted by Crippen LogP contribution is -2.36. The fourth-order valence-electron chi connectivity index (χ4n) is 2.29. The van der Waals surface area contributed by atoms with Crippen LogP contribution in [0.25, 0.3) is 0 Å². The Hall–Kier alpha value is -1.22. The molecule has 0 aliphatic carbocycles. The Balaban J connectivity index is 2.40. The largest absolute Gasteiger partial charge is 0.493 e. The van der Waals surface area contributed by atoms with Gasteiger partial charge in [-0.2, -0.15) is 0 Å². The van der Waals surface area contributed by atoms with Gasteiger partial charge in [0.05, 0.1) is 14.2 Å². The number of benzene rings is 1. The van der Waals surface area contributed by atoms with Crippen LogP contribution in [-0.2, 0) is 6.42 Å². The molecule has 0 saturated heterocycles. The Kier molecular flexibility index (Phi) is 7.03. The van der Waals surface area contributed by atoms with Crippen LogP contribution in [0.2, 0.25) is 0 Å². The average molecular weight is 293 g/mol. The Morgan fingerprint density at radius 2 is 1.71 bits per heavy atom. The van der Waals surface area contributed by atoms with Gasteiger partial charge in [-0.1, -0.05) is 13.0 Å². The third kappa shape index (κ3) is 6.85. The minimum Gasteiger partial charge on any atom is -0.493 e. The van der Waals surface area contributed by atoms with Gasteiger partial charge in [0.2, 0.25) is 0 Å². The molecule has 1 N–H and O–H groups in total. The van der Waals surface area contributed by atoms with Crippen LogP contribution in [0.4, 0.5) is 0 Å². The quantitative estimate of drug-likeness (QED) is 0.784. The van der Waals surface area contributed by atoms with Crippen LogP contribution >= 0.6 is 0 Å². The van der Waals surface area contributed by atoms with E-state index in [2.05, 4.69) is 45.1 Å². The van der Waals surface area contributed by atoms with Crippen molar-refractivity contribution < 1.29 is 9.47 Å². The molecule has 1 atom stereocenters. The topological polar surface area (TPSA) is 30.5 Å². The first-order chi connectivity index (χ1) is 9.85. The smallest absolute Gasteiger partial charge is 0.160 e. The molecule has 120 valence electrons. The Labute approximate surface area is 130 Å². The summed E-state index contributed by atoms with van der Waals surface area (Å²) in [5.41, 5.74) is 1.52. The highest BCUT2D eigenvalue weighted by atomic mass is 16.5. The zero-order valence-corrected chi connectivity index (χ0v) is 14.5. The summed E-state index contributed by atoms with van der Waals surface area (Å²) in [6.45, 7) is 10.0. The van der Waals surface area contributed by atoms with E-state index in [1.807, 2.05) is 6.07 Å². The average Bonchev–Trinajstić information content (AvgIpc) is 2.43. The summed E-state index contributed by atoms with van der Waals surface area (Å²) >= 11 is 0. The Morgan fingerprint density at radius 3 is 2.29 bits per heavy atom. The van der Waals surface area contributed by atoms with Crippen LogP contribution in [0.5, 0.6) is 11.5 Å². The molecule has 0 spiro atoms. The minimum atomic E-state index is 0.211. The van der Waals surface area contributed by atoms with E-state index in [0.29, 0.717) is 5.92 Å². The zero-order chi connectivity index (χ0) is 15.9. The second kappa shape index (κ2) is 8.28. The van der Waals surface area contributed by atoms with E-state index in [1.54, 1.807) is 14.2 Å². The summed E-state index contributed by atoms with van der Waals surface area (Å²) in [5, 5.41) is 3.55. The first-order valence-electron chi connectivity index (χ1n) is 7.81. The molecule has 0 saturated carbocycles. The van der Waals surface area contributed by atoms with E-state index in [4.69, 9.17) is 9.47 Å². The van der Waals surface area contributed by atoms with Crippen molar-refractivity contribution in [3.05, 3.63) is 23.8 Å². The van der Waals surface area contributed by atoms with Crippen molar-refractivity contribution in [2.24, 2.45) is 5.92 Å². The zero-order valence-electron chi connectivity index (χ0n) is 14.5. The molecule has 0 bridgehead atoms. The normalized spacial score (nSPS) is 13.0. The molecule has 1 unspecified atom stereocenters. The van der Waals surface area contributed by atoms with Crippen molar-refractivity contribution in [3.8, 4) is 11.5 Å². The van der Waals surface area contributed by atoms with Gasteiger partial charge >= 0.3 is 0 Å². The van der Waals surface area contributed by atoms with Crippen molar-refractivity contribution in [1.29, 1.82) is 0 Å². The van der Waals surface area contributed by atoms with Crippen molar-refractivity contribution in [2.75, 3.05) is 20.8 Å². The molecule has 1 aromatic rings. The molecule has 21 heavy (non-hydrogen) atoms. The van der Waals surface area contributed by atoms with E-state index in [1.165, 1.54) is 18.4 Å². The minimum absolute atomic E-state index is 0.211. The monoisotopic (exact) mass is 293 g/mol. The third-order valence-electron chi connectivity index (χ3n) is 3.67. The second-order valence-corrected chi connectivity index (χ2v) is 6.80. The summed E-state index contributed by atoms with van der Waals surface area (Å²) in [6.07, 6.45) is 3.49. The first-order valence-corrected chi connectivity index (χ1v) is 7.81. The fraction of sp³-hybridized carbons (Fsp3) is 0.667. The highest BCUT2D eigenvalue weighted by molar-refractivity contribution is 5.42. The predicted octanol–water partition coefficient (Wildman–Crippen LogP) is 4.05. The highest BCUT2D eigenvalue weighted by Gasteiger charge is 2.10. The van der Waals surface area contributed by atoms with Gasteiger partial charge in [0.25, 0.3) is 0 Å². The van der Waals surface area contributed by atoms with Crippen LogP contribution in [0.1, 0.15) is 46.1 Å². The van der Waals surface area contributed by atoms with Crippen molar-refractivity contribution in [3.63, 3.8) is 0 Å². The van der Waals surface area contributed by atoms with Gasteiger partial charge in [0.15, 0.2) is 11.5 Å². The summed E-state index contributed by atoms with van der Waals surface area (Å²) < 4.78 is 10.6. The predicted molar refractivity (Wildman–Crippen MR) is 89.4 cm³/mol. The number of nitrogens with one attached hydrogen (secondary N) is 1. The molecule has 0 radical (unpaired) electrons. The van der Waals surface area contributed by atoms with Crippen LogP contribution < -0.4 is 14.8 Å². The molecule has 1 aromatic carbocycles. The molecular formula is C18H31NO2. The van der Waals surface area contributed by atoms with Crippen molar-refractivity contribution in [1.82, 2.24) is 5.32 Å². The third-order valence-corrected chi connectivity index (χ3v) is 3.67. The molecule has 0 aliphatic heterocycles. The van der Waals surface area contributed by atoms with E-state index in [0.717, 1.165) is 24.5 Å². The SMILES string of the molecule is COc1ccc(CCC(C)CCNC(C)(C)C)cc1OC. The van der Waals surface area contributed by atoms with Gasteiger partial charge in [-0.15, -0.1) is 0 Å². The van der Waals surface area contributed by atoms with Gasteiger partial charge in [0, 0.05) is 5.54 Å². The van der Waals surface area contributed by atoms with E-state index in [9.17, 15) is 0 Å². The molecule has 1 rings (SSSR count). The molecule has 3 nitrogen and oxygen atoms in total. The van der Waals surface area contributed by atoms with Crippen LogP contribution in [0.3, 0.4) is 0 Å². The fourth-order valence-corrected chi connectivity index (χ4v) is 2.29. The molecule has 3 heteroatoms. The van der Waals surface area contributed by atoms with E-state index in [-0.39, 0.29) is 5.54 Å². The van der Waals surface area contributed by atoms with Crippen LogP contribution in [0, 0.1) is 5.92 Å². The lowest BCUT2D eigenvalue weighted by Gasteiger charge is -2.22. The second-order valence-electron chi connectivity index (χ2n) is 6.80. The van der Waals surface area contributed by atoms with Gasteiger partial charge in [-0.25, -0.2) is 0 Å². The standard InChI is InChI=1S/C18H31NO2/c1-14(11-12-19-18(2,3)4)7-8-15-9-10-16(20-5)17(13-15)21-6/h9-10,13-14,19H,7-8,11-12H2,1-6H3. The number of methoxy groups -OCH3 is 2. The Morgan fingerprint density at radius 1 is 1.05 bits per heavy atom. The van der Waals surface area contributed by atoms with Gasteiger partial charge in [-0.3, -0.25) is 0 Å². The molecule has 0 fully saturated rings. The molecule has 0 heterocycles. The maximum Gasteiger partial charge on any atom is 0.160 e. The number of hydrogen-bond acceptors (Lipinski definition) is 3. The molecule has 0 aromatic heterocycles.